The molecule has 0 radical (unpaired) electrons. The molecule has 2 aromatic rings. The van der Waals surface area contributed by atoms with Crippen molar-refractivity contribution in [1.29, 1.82) is 0 Å². The maximum atomic E-state index is 13.0. The first-order valence-corrected chi connectivity index (χ1v) is 14.8. The highest BCUT2D eigenvalue weighted by atomic mass is 35.5. The van der Waals surface area contributed by atoms with E-state index in [0.29, 0.717) is 35.5 Å². The molecule has 0 aliphatic heterocycles. The van der Waals surface area contributed by atoms with Gasteiger partial charge in [0.1, 0.15) is 6.33 Å². The molecule has 0 saturated heterocycles. The molecular weight excluding hydrogens is 542 g/mol. The van der Waals surface area contributed by atoms with E-state index in [1.165, 1.54) is 10.9 Å². The van der Waals surface area contributed by atoms with Crippen LogP contribution in [0.25, 0.3) is 11.8 Å². The van der Waals surface area contributed by atoms with E-state index in [2.05, 4.69) is 36.8 Å². The summed E-state index contributed by atoms with van der Waals surface area (Å²) in [7, 11) is 1.58. The van der Waals surface area contributed by atoms with Gasteiger partial charge in [0.2, 0.25) is 0 Å². The Morgan fingerprint density at radius 3 is 2.48 bits per heavy atom. The summed E-state index contributed by atoms with van der Waals surface area (Å²) < 4.78 is 12.9. The van der Waals surface area contributed by atoms with Crippen LogP contribution < -0.4 is 20.3 Å². The van der Waals surface area contributed by atoms with Crippen molar-refractivity contribution < 1.29 is 9.47 Å². The number of thiol groups is 1. The van der Waals surface area contributed by atoms with Gasteiger partial charge < -0.3 is 14.8 Å². The summed E-state index contributed by atoms with van der Waals surface area (Å²) in [4.78, 5) is 17.2. The summed E-state index contributed by atoms with van der Waals surface area (Å²) in [6.45, 7) is 13.7. The molecule has 1 aromatic heterocycles. The zero-order chi connectivity index (χ0) is 30.0. The molecule has 1 N–H and O–H groups in total. The van der Waals surface area contributed by atoms with Crippen molar-refractivity contribution in [3.05, 3.63) is 83.1 Å². The number of ether oxygens (including phenoxy) is 2. The molecule has 0 aliphatic rings. The number of hydrogen-bond acceptors (Lipinski definition) is 6. The van der Waals surface area contributed by atoms with Gasteiger partial charge in [-0.2, -0.15) is 0 Å². The maximum Gasteiger partial charge on any atom is 0.271 e. The topological polar surface area (TPSA) is 65.4 Å². The average Bonchev–Trinajstić information content (AvgIpc) is 2.96. The quantitative estimate of drug-likeness (QED) is 0.0731. The van der Waals surface area contributed by atoms with Crippen molar-refractivity contribution in [2.24, 2.45) is 0 Å². The number of alkyl halides is 1. The van der Waals surface area contributed by atoms with Gasteiger partial charge >= 0.3 is 0 Å². The summed E-state index contributed by atoms with van der Waals surface area (Å²) in [5, 5.41) is 3.53. The van der Waals surface area contributed by atoms with Crippen molar-refractivity contribution >= 4 is 30.3 Å². The van der Waals surface area contributed by atoms with Gasteiger partial charge in [0.15, 0.2) is 11.5 Å². The molecule has 1 heterocycles. The van der Waals surface area contributed by atoms with Crippen LogP contribution in [-0.2, 0) is 0 Å². The first kappa shape index (κ1) is 35.3. The van der Waals surface area contributed by atoms with Crippen LogP contribution in [0.1, 0.15) is 66.5 Å². The third-order valence-electron chi connectivity index (χ3n) is 5.90. The average molecular weight is 588 g/mol. The lowest BCUT2D eigenvalue weighted by atomic mass is 10.1. The van der Waals surface area contributed by atoms with Crippen LogP contribution in [0.15, 0.2) is 76.7 Å². The van der Waals surface area contributed by atoms with Crippen molar-refractivity contribution in [2.45, 2.75) is 76.6 Å². The molecule has 1 unspecified atom stereocenters. The molecule has 1 atom stereocenters. The highest BCUT2D eigenvalue weighted by Gasteiger charge is 2.12. The van der Waals surface area contributed by atoms with E-state index in [1.54, 1.807) is 37.5 Å². The number of hydrogen-bond donors (Lipinski definition) is 2. The van der Waals surface area contributed by atoms with E-state index in [1.807, 2.05) is 64.2 Å². The van der Waals surface area contributed by atoms with Gasteiger partial charge in [-0.15, -0.1) is 24.2 Å². The van der Waals surface area contributed by atoms with Crippen molar-refractivity contribution in [3.8, 4) is 17.2 Å². The number of benzene rings is 1. The Kier molecular flexibility index (Phi) is 17.1. The molecule has 6 nitrogen and oxygen atoms in total. The highest BCUT2D eigenvalue weighted by Crippen LogP contribution is 2.29. The van der Waals surface area contributed by atoms with E-state index < -0.39 is 4.87 Å². The minimum absolute atomic E-state index is 0.248. The summed E-state index contributed by atoms with van der Waals surface area (Å²) >= 11 is 10.8. The predicted molar refractivity (Wildman–Crippen MR) is 174 cm³/mol. The van der Waals surface area contributed by atoms with Gasteiger partial charge in [-0.25, -0.2) is 4.98 Å². The maximum absolute atomic E-state index is 13.0. The van der Waals surface area contributed by atoms with Crippen LogP contribution in [-0.4, -0.2) is 40.7 Å². The second kappa shape index (κ2) is 19.4. The van der Waals surface area contributed by atoms with E-state index >= 15 is 0 Å². The van der Waals surface area contributed by atoms with Gasteiger partial charge in [-0.3, -0.25) is 9.36 Å². The fourth-order valence-corrected chi connectivity index (χ4v) is 4.17. The van der Waals surface area contributed by atoms with Crippen LogP contribution in [0.4, 0.5) is 0 Å². The monoisotopic (exact) mass is 587 g/mol. The summed E-state index contributed by atoms with van der Waals surface area (Å²) in [6, 6.07) is 5.92. The zero-order valence-electron chi connectivity index (χ0n) is 25.0. The van der Waals surface area contributed by atoms with Crippen LogP contribution in [0.5, 0.6) is 11.5 Å². The molecule has 0 spiro atoms. The van der Waals surface area contributed by atoms with Crippen LogP contribution >= 0.6 is 24.2 Å². The van der Waals surface area contributed by atoms with E-state index in [4.69, 9.17) is 21.1 Å². The second-order valence-electron chi connectivity index (χ2n) is 8.91. The van der Waals surface area contributed by atoms with Gasteiger partial charge in [-0.1, -0.05) is 70.2 Å². The predicted octanol–water partition coefficient (Wildman–Crippen LogP) is 7.80. The summed E-state index contributed by atoms with van der Waals surface area (Å²) in [5.74, 6) is 1.18. The van der Waals surface area contributed by atoms with Gasteiger partial charge in [0.05, 0.1) is 34.9 Å². The SMILES string of the molecule is C/C=C\C(C)(Cl)C=C/C=C/C=C/c1ncn(-c2ccc(OCCCNC(CC)CC)c(OC)c2)c(=O)c1S.CC. The van der Waals surface area contributed by atoms with Crippen molar-refractivity contribution in [1.82, 2.24) is 14.9 Å². The molecule has 40 heavy (non-hydrogen) atoms. The Hall–Kier alpha value is -2.74. The second-order valence-corrected chi connectivity index (χ2v) is 10.2. The normalized spacial score (nSPS) is 13.3. The number of halogens is 1. The standard InChI is InChI=1S/C30H40ClN3O3S.C2H6/c1-6-17-30(4,31)18-12-10-9-11-14-25-28(38)29(35)34(22-33-25)24-15-16-26(27(21-24)36-5)37-20-13-19-32-23(7-2)8-3;1-2/h6,9-12,14-18,21-23,32,38H,7-8,13,19-20H2,1-5H3;1-2H3/b10-9+,14-11+,17-6-,18-12?;. The lowest BCUT2D eigenvalue weighted by Gasteiger charge is -2.16. The fraction of sp³-hybridized carbons (Fsp3) is 0.438. The molecule has 0 fully saturated rings. The molecule has 0 amide bonds. The van der Waals surface area contributed by atoms with E-state index in [0.717, 1.165) is 25.8 Å². The number of allylic oxidation sites excluding steroid dienone is 7. The summed E-state index contributed by atoms with van der Waals surface area (Å²) in [5.41, 5.74) is 0.816. The lowest BCUT2D eigenvalue weighted by molar-refractivity contribution is 0.284. The lowest BCUT2D eigenvalue weighted by Crippen LogP contribution is -2.29. The Morgan fingerprint density at radius 1 is 1.12 bits per heavy atom. The number of nitrogens with one attached hydrogen (secondary N) is 1. The van der Waals surface area contributed by atoms with Crippen LogP contribution in [0.2, 0.25) is 0 Å². The number of nitrogens with zero attached hydrogens (tertiary/aromatic N) is 2. The number of rotatable bonds is 15. The van der Waals surface area contributed by atoms with Crippen molar-refractivity contribution in [2.75, 3.05) is 20.3 Å². The van der Waals surface area contributed by atoms with Crippen molar-refractivity contribution in [3.63, 3.8) is 0 Å². The first-order valence-electron chi connectivity index (χ1n) is 14.0. The molecule has 1 aromatic carbocycles. The Morgan fingerprint density at radius 2 is 1.82 bits per heavy atom. The Labute approximate surface area is 251 Å². The van der Waals surface area contributed by atoms with E-state index in [9.17, 15) is 4.79 Å². The first-order chi connectivity index (χ1) is 19.3. The third kappa shape index (κ3) is 11.8. The third-order valence-corrected chi connectivity index (χ3v) is 6.57. The van der Waals surface area contributed by atoms with E-state index in [-0.39, 0.29) is 10.5 Å². The number of aromatic nitrogens is 2. The molecule has 0 aliphatic carbocycles. The fourth-order valence-electron chi connectivity index (χ4n) is 3.73. The molecular formula is C32H46ClN3O3S. The minimum Gasteiger partial charge on any atom is -0.493 e. The smallest absolute Gasteiger partial charge is 0.271 e. The van der Waals surface area contributed by atoms with Crippen LogP contribution in [0, 0.1) is 0 Å². The van der Waals surface area contributed by atoms with Crippen LogP contribution in [0.3, 0.4) is 0 Å². The largest absolute Gasteiger partial charge is 0.493 e. The molecule has 2 rings (SSSR count). The minimum atomic E-state index is -0.524. The van der Waals surface area contributed by atoms with Gasteiger partial charge in [-0.05, 0) is 57.9 Å². The molecule has 0 saturated carbocycles. The molecule has 220 valence electrons. The molecule has 8 heteroatoms. The Bertz CT molecular complexity index is 1200. The van der Waals surface area contributed by atoms with Gasteiger partial charge in [0, 0.05) is 12.1 Å². The highest BCUT2D eigenvalue weighted by molar-refractivity contribution is 7.80. The number of methoxy groups -OCH3 is 1. The van der Waals surface area contributed by atoms with Gasteiger partial charge in [0.25, 0.3) is 5.56 Å². The zero-order valence-corrected chi connectivity index (χ0v) is 26.6. The molecule has 0 bridgehead atoms. The summed E-state index contributed by atoms with van der Waals surface area (Å²) in [6.07, 6.45) is 19.4. The Balaban J connectivity index is 0.00000391.